The molecule has 0 aliphatic carbocycles. The normalized spacial score (nSPS) is 18.5. The molecule has 0 spiro atoms. The average molecular weight is 458 g/mol. The van der Waals surface area contributed by atoms with Crippen molar-refractivity contribution in [1.82, 2.24) is 10.7 Å². The van der Waals surface area contributed by atoms with E-state index in [1.54, 1.807) is 36.1 Å². The first-order valence-electron chi connectivity index (χ1n) is 11.1. The Balaban J connectivity index is 1.66. The van der Waals surface area contributed by atoms with Gasteiger partial charge in [0, 0.05) is 36.5 Å². The molecule has 1 heterocycles. The third kappa shape index (κ3) is 4.93. The van der Waals surface area contributed by atoms with Crippen molar-refractivity contribution in [1.29, 1.82) is 0 Å². The second kappa shape index (κ2) is 9.79. The zero-order valence-electron chi connectivity index (χ0n) is 19.8. The van der Waals surface area contributed by atoms with E-state index >= 15 is 0 Å². The fourth-order valence-electron chi connectivity index (χ4n) is 3.93. The lowest BCUT2D eigenvalue weighted by Crippen LogP contribution is -2.42. The van der Waals surface area contributed by atoms with Crippen LogP contribution in [-0.2, 0) is 4.79 Å². The molecule has 1 aliphatic heterocycles. The lowest BCUT2D eigenvalue weighted by molar-refractivity contribution is -0.596. The second-order valence-corrected chi connectivity index (χ2v) is 8.53. The third-order valence-corrected chi connectivity index (χ3v) is 5.89. The summed E-state index contributed by atoms with van der Waals surface area (Å²) in [6.07, 6.45) is 1.89. The van der Waals surface area contributed by atoms with Gasteiger partial charge in [-0.15, -0.1) is 10.1 Å². The molecule has 0 unspecified atom stereocenters. The maximum atomic E-state index is 13.0. The Labute approximate surface area is 199 Å². The minimum Gasteiger partial charge on any atom is -0.497 e. The second-order valence-electron chi connectivity index (χ2n) is 8.53. The number of ether oxygens (including phenoxy) is 1. The van der Waals surface area contributed by atoms with Gasteiger partial charge in [0.2, 0.25) is 12.3 Å². The van der Waals surface area contributed by atoms with Gasteiger partial charge in [0.1, 0.15) is 5.75 Å². The van der Waals surface area contributed by atoms with Crippen molar-refractivity contribution in [3.8, 4) is 5.75 Å². The molecule has 4 rings (SSSR count). The first kappa shape index (κ1) is 23.0. The number of carbonyl (C=O) groups is 2. The summed E-state index contributed by atoms with van der Waals surface area (Å²) >= 11 is 0. The topological polar surface area (TPSA) is 73.7 Å². The van der Waals surface area contributed by atoms with E-state index in [2.05, 4.69) is 10.7 Å². The zero-order chi connectivity index (χ0) is 24.2. The van der Waals surface area contributed by atoms with Gasteiger partial charge in [-0.2, -0.15) is 0 Å². The predicted molar refractivity (Wildman–Crippen MR) is 133 cm³/mol. The van der Waals surface area contributed by atoms with Crippen LogP contribution < -0.4 is 20.4 Å². The van der Waals surface area contributed by atoms with Crippen molar-refractivity contribution in [3.05, 3.63) is 95.1 Å². The smallest absolute Gasteiger partial charge is 0.304 e. The maximum Gasteiger partial charge on any atom is 0.304 e. The molecule has 0 radical (unpaired) electrons. The van der Waals surface area contributed by atoms with Crippen LogP contribution in [-0.4, -0.2) is 50.0 Å². The summed E-state index contributed by atoms with van der Waals surface area (Å²) in [6, 6.07) is 21.6. The Hall–Kier alpha value is -4.13. The van der Waals surface area contributed by atoms with Gasteiger partial charge in [-0.1, -0.05) is 29.8 Å². The summed E-state index contributed by atoms with van der Waals surface area (Å²) in [4.78, 5) is 28.0. The number of methoxy groups -OCH3 is 1. The van der Waals surface area contributed by atoms with Crippen molar-refractivity contribution in [3.63, 3.8) is 0 Å². The van der Waals surface area contributed by atoms with Crippen LogP contribution in [0.1, 0.15) is 33.1 Å². The van der Waals surface area contributed by atoms with Crippen LogP contribution >= 0.6 is 0 Å². The quantitative estimate of drug-likeness (QED) is 0.558. The van der Waals surface area contributed by atoms with Crippen LogP contribution in [0.15, 0.2) is 72.8 Å². The fourth-order valence-corrected chi connectivity index (χ4v) is 3.93. The fraction of sp³-hybridized carbons (Fsp3) is 0.222. The Morgan fingerprint density at radius 3 is 2.24 bits per heavy atom. The van der Waals surface area contributed by atoms with E-state index in [9.17, 15) is 9.59 Å². The maximum absolute atomic E-state index is 13.0. The number of anilines is 1. The summed E-state index contributed by atoms with van der Waals surface area (Å²) in [5.74, 6) is 0.0689. The summed E-state index contributed by atoms with van der Waals surface area (Å²) in [7, 11) is 5.55. The molecule has 34 heavy (non-hydrogen) atoms. The van der Waals surface area contributed by atoms with Gasteiger partial charge < -0.3 is 15.0 Å². The summed E-state index contributed by atoms with van der Waals surface area (Å²) in [5, 5.41) is 2.93. The van der Waals surface area contributed by atoms with Crippen LogP contribution in [0.3, 0.4) is 0 Å². The summed E-state index contributed by atoms with van der Waals surface area (Å²) in [5.41, 5.74) is 7.44. The number of nitrogens with zero attached hydrogens (tertiary/aromatic N) is 2. The van der Waals surface area contributed by atoms with Crippen LogP contribution in [0.2, 0.25) is 0 Å². The number of rotatable bonds is 6. The average Bonchev–Trinajstić information content (AvgIpc) is 3.14. The number of hydrazone groups is 1. The molecule has 174 valence electrons. The van der Waals surface area contributed by atoms with Gasteiger partial charge in [0.25, 0.3) is 5.91 Å². The first-order chi connectivity index (χ1) is 16.4. The van der Waals surface area contributed by atoms with Gasteiger partial charge >= 0.3 is 5.91 Å². The number of nitrogens with one attached hydrogen (secondary N) is 2. The van der Waals surface area contributed by atoms with Gasteiger partial charge in [0.05, 0.1) is 7.11 Å². The highest BCUT2D eigenvalue weighted by Crippen LogP contribution is 2.26. The molecule has 1 fully saturated rings. The molecule has 2 amide bonds. The van der Waals surface area contributed by atoms with Gasteiger partial charge in [-0.3, -0.25) is 9.59 Å². The SMILES string of the molecule is COc1ccc(C(=O)N[C@H]2C(=O)N/[N+](=C\c3ccc(N(C)C)cc3)[C@@H]2c2ccc(C)cc2)cc1. The predicted octanol–water partition coefficient (Wildman–Crippen LogP) is 3.09. The van der Waals surface area contributed by atoms with E-state index in [1.165, 1.54) is 0 Å². The lowest BCUT2D eigenvalue weighted by atomic mass is 9.98. The van der Waals surface area contributed by atoms with Gasteiger partial charge in [0.15, 0.2) is 6.04 Å². The Kier molecular flexibility index (Phi) is 6.63. The van der Waals surface area contributed by atoms with E-state index in [1.807, 2.05) is 80.7 Å². The van der Waals surface area contributed by atoms with Crippen LogP contribution in [0.5, 0.6) is 5.75 Å². The van der Waals surface area contributed by atoms with E-state index < -0.39 is 12.1 Å². The summed E-state index contributed by atoms with van der Waals surface area (Å²) < 4.78 is 6.94. The molecule has 0 aromatic heterocycles. The van der Waals surface area contributed by atoms with Crippen molar-refractivity contribution in [2.75, 3.05) is 26.1 Å². The Bertz CT molecular complexity index is 1200. The number of hydrogen-bond acceptors (Lipinski definition) is 4. The zero-order valence-corrected chi connectivity index (χ0v) is 19.8. The van der Waals surface area contributed by atoms with Crippen molar-refractivity contribution >= 4 is 23.7 Å². The number of carbonyl (C=O) groups excluding carboxylic acids is 2. The highest BCUT2D eigenvalue weighted by atomic mass is 16.5. The molecular weight excluding hydrogens is 428 g/mol. The minimum atomic E-state index is -0.769. The molecule has 7 heteroatoms. The highest BCUT2D eigenvalue weighted by molar-refractivity contribution is 5.98. The number of amides is 2. The number of hydrazine groups is 1. The van der Waals surface area contributed by atoms with Crippen LogP contribution in [0.4, 0.5) is 5.69 Å². The van der Waals surface area contributed by atoms with Crippen molar-refractivity contribution < 1.29 is 19.0 Å². The Morgan fingerprint density at radius 1 is 1.00 bits per heavy atom. The van der Waals surface area contributed by atoms with E-state index in [4.69, 9.17) is 4.74 Å². The van der Waals surface area contributed by atoms with Crippen LogP contribution in [0, 0.1) is 6.92 Å². The minimum absolute atomic E-state index is 0.270. The molecule has 3 aromatic carbocycles. The van der Waals surface area contributed by atoms with Crippen molar-refractivity contribution in [2.45, 2.75) is 19.0 Å². The Morgan fingerprint density at radius 2 is 1.65 bits per heavy atom. The molecule has 2 atom stereocenters. The van der Waals surface area contributed by atoms with Crippen LogP contribution in [0.25, 0.3) is 0 Å². The van der Waals surface area contributed by atoms with Gasteiger partial charge in [-0.25, -0.2) is 0 Å². The standard InChI is InChI=1S/C27H28N4O3/c1-18-5-9-20(10-6-18)25-24(28-26(32)21-11-15-23(34-4)16-12-21)27(33)29-31(25)17-19-7-13-22(14-8-19)30(2)3/h5-17,24-25H,1-4H3,(H-,28,29,32,33)/p+1/t24-,25-/m1/s1. The molecule has 1 saturated heterocycles. The number of hydrogen-bond donors (Lipinski definition) is 2. The molecule has 1 aliphatic rings. The van der Waals surface area contributed by atoms with Crippen molar-refractivity contribution in [2.24, 2.45) is 0 Å². The lowest BCUT2D eigenvalue weighted by Gasteiger charge is -2.15. The first-order valence-corrected chi connectivity index (χ1v) is 11.1. The summed E-state index contributed by atoms with van der Waals surface area (Å²) in [6.45, 7) is 2.01. The molecular formula is C27H29N4O3+. The van der Waals surface area contributed by atoms with Gasteiger partial charge in [-0.05, 0) is 55.5 Å². The van der Waals surface area contributed by atoms with E-state index in [0.717, 1.165) is 22.4 Å². The monoisotopic (exact) mass is 457 g/mol. The molecule has 0 saturated carbocycles. The molecule has 7 nitrogen and oxygen atoms in total. The molecule has 2 N–H and O–H groups in total. The van der Waals surface area contributed by atoms with E-state index in [0.29, 0.717) is 11.3 Å². The van der Waals surface area contributed by atoms with E-state index in [-0.39, 0.29) is 11.8 Å². The third-order valence-electron chi connectivity index (χ3n) is 5.89. The molecule has 3 aromatic rings. The largest absolute Gasteiger partial charge is 0.497 e. The number of benzene rings is 3. The molecule has 0 bridgehead atoms. The number of aryl methyl sites for hydroxylation is 1. The highest BCUT2D eigenvalue weighted by Gasteiger charge is 2.47.